The highest BCUT2D eigenvalue weighted by Gasteiger charge is 2.29. The highest BCUT2D eigenvalue weighted by atomic mass is 35.5. The Labute approximate surface area is 139 Å². The number of halogens is 4. The molecule has 4 rings (SSSR count). The maximum atomic E-state index is 14.2. The van der Waals surface area contributed by atoms with Crippen molar-refractivity contribution < 1.29 is 13.7 Å². The van der Waals surface area contributed by atoms with E-state index in [-0.39, 0.29) is 10.4 Å². The van der Waals surface area contributed by atoms with Crippen molar-refractivity contribution in [3.63, 3.8) is 0 Å². The van der Waals surface area contributed by atoms with Gasteiger partial charge in [0.15, 0.2) is 6.20 Å². The molecule has 0 aliphatic carbocycles. The zero-order valence-corrected chi connectivity index (χ0v) is 13.1. The Morgan fingerprint density at radius 1 is 1.26 bits per heavy atom. The maximum absolute atomic E-state index is 14.2. The fourth-order valence-corrected chi connectivity index (χ4v) is 3.12. The molecule has 0 saturated heterocycles. The summed E-state index contributed by atoms with van der Waals surface area (Å²) in [6.45, 7) is 0.468. The molecule has 0 amide bonds. The van der Waals surface area contributed by atoms with E-state index in [1.54, 1.807) is 6.07 Å². The third kappa shape index (κ3) is 2.21. The van der Waals surface area contributed by atoms with E-state index < -0.39 is 11.2 Å². The normalized spacial score (nSPS) is 14.0. The summed E-state index contributed by atoms with van der Waals surface area (Å²) in [6.07, 6.45) is 1.87. The quantitative estimate of drug-likeness (QED) is 0.528. The number of aromatic amines is 1. The third-order valence-corrected chi connectivity index (χ3v) is 4.33. The van der Waals surface area contributed by atoms with Gasteiger partial charge in [-0.2, -0.15) is 4.39 Å². The molecule has 0 radical (unpaired) electrons. The van der Waals surface area contributed by atoms with Crippen LogP contribution in [-0.4, -0.2) is 22.2 Å². The lowest BCUT2D eigenvalue weighted by Crippen LogP contribution is -2.34. The second kappa shape index (κ2) is 5.25. The summed E-state index contributed by atoms with van der Waals surface area (Å²) in [4.78, 5) is 10.9. The first-order chi connectivity index (χ1) is 11.1. The number of nitrogens with zero attached hydrogens (tertiary/aromatic N) is 3. The van der Waals surface area contributed by atoms with Crippen molar-refractivity contribution in [2.75, 3.05) is 6.54 Å². The van der Waals surface area contributed by atoms with Gasteiger partial charge in [-0.1, -0.05) is 11.6 Å². The molecule has 4 nitrogen and oxygen atoms in total. The molecular formula is C15H9Cl2F2N4+. The van der Waals surface area contributed by atoms with Crippen LogP contribution in [0.3, 0.4) is 0 Å². The molecule has 0 spiro atoms. The molecule has 0 bridgehead atoms. The van der Waals surface area contributed by atoms with E-state index in [2.05, 4.69) is 15.0 Å². The van der Waals surface area contributed by atoms with E-state index >= 15 is 0 Å². The second-order valence-corrected chi connectivity index (χ2v) is 5.94. The van der Waals surface area contributed by atoms with Gasteiger partial charge in [-0.15, -0.1) is 0 Å². The predicted molar refractivity (Wildman–Crippen MR) is 83.4 cm³/mol. The van der Waals surface area contributed by atoms with Gasteiger partial charge in [-0.25, -0.2) is 0 Å². The molecule has 2 aromatic heterocycles. The van der Waals surface area contributed by atoms with Crippen LogP contribution in [-0.2, 0) is 6.42 Å². The fourth-order valence-electron chi connectivity index (χ4n) is 2.83. The zero-order chi connectivity index (χ0) is 16.1. The second-order valence-electron chi connectivity index (χ2n) is 5.16. The van der Waals surface area contributed by atoms with Crippen molar-refractivity contribution in [3.05, 3.63) is 57.5 Å². The van der Waals surface area contributed by atoms with Crippen molar-refractivity contribution in [2.45, 2.75) is 6.42 Å². The Morgan fingerprint density at radius 3 is 2.91 bits per heavy atom. The number of nitrogens with one attached hydrogen (secondary N) is 1. The molecule has 1 N–H and O–H groups in total. The summed E-state index contributed by atoms with van der Waals surface area (Å²) in [6, 6.07) is 5.46. The van der Waals surface area contributed by atoms with Crippen LogP contribution in [0.5, 0.6) is 0 Å². The average Bonchev–Trinajstić information content (AvgIpc) is 2.91. The van der Waals surface area contributed by atoms with Crippen LogP contribution < -0.4 is 4.79 Å². The summed E-state index contributed by atoms with van der Waals surface area (Å²) in [5.74, 6) is -1.13. The van der Waals surface area contributed by atoms with Crippen molar-refractivity contribution >= 4 is 39.8 Å². The predicted octanol–water partition coefficient (Wildman–Crippen LogP) is 3.42. The van der Waals surface area contributed by atoms with Gasteiger partial charge < -0.3 is 4.98 Å². The first-order valence-corrected chi connectivity index (χ1v) is 7.59. The number of fused-ring (bicyclic) bond motifs is 3. The molecule has 0 unspecified atom stereocenters. The van der Waals surface area contributed by atoms with Crippen LogP contribution in [0.15, 0.2) is 29.4 Å². The Balaban J connectivity index is 1.95. The van der Waals surface area contributed by atoms with Gasteiger partial charge in [-0.05, 0) is 35.2 Å². The number of hydrogen-bond donors (Lipinski definition) is 1. The maximum Gasteiger partial charge on any atom is 0.434 e. The van der Waals surface area contributed by atoms with Gasteiger partial charge in [0, 0.05) is 43.3 Å². The number of H-pyrrole nitrogens is 1. The van der Waals surface area contributed by atoms with Crippen molar-refractivity contribution in [1.82, 2.24) is 9.97 Å². The molecule has 116 valence electrons. The van der Waals surface area contributed by atoms with Crippen LogP contribution in [0.25, 0.3) is 10.9 Å². The minimum absolute atomic E-state index is 0.0458. The summed E-state index contributed by atoms with van der Waals surface area (Å²) in [7, 11) is 0. The molecule has 3 heterocycles. The fraction of sp³-hybridized carbons (Fsp3) is 0.133. The van der Waals surface area contributed by atoms with Crippen LogP contribution >= 0.6 is 23.2 Å². The van der Waals surface area contributed by atoms with E-state index in [1.165, 1.54) is 6.20 Å². The topological polar surface area (TPSA) is 44.9 Å². The lowest BCUT2D eigenvalue weighted by molar-refractivity contribution is -0.865. The SMILES string of the molecule is Fc1c(C2=NCCc3c2[nH]c2ccc(Cl)cc32)cnc(Cl)[n+]1F. The van der Waals surface area contributed by atoms with E-state index in [9.17, 15) is 8.87 Å². The smallest absolute Gasteiger partial charge is 0.353 e. The molecule has 1 aromatic carbocycles. The first-order valence-electron chi connectivity index (χ1n) is 6.84. The minimum atomic E-state index is -1.13. The standard InChI is InChI=1S/C15H9Cl2F2N4/c16-7-1-2-11-9(5-7)8-3-4-20-12(13(8)22-11)10-6-21-15(17)23(19)14(10)18/h1-2,5-6,22H,3-4H2/q+1. The van der Waals surface area contributed by atoms with Gasteiger partial charge in [0.25, 0.3) is 0 Å². The molecule has 8 heteroatoms. The summed E-state index contributed by atoms with van der Waals surface area (Å²) >= 11 is 11.5. The van der Waals surface area contributed by atoms with Crippen LogP contribution in [0.2, 0.25) is 10.3 Å². The number of benzene rings is 1. The lowest BCUT2D eigenvalue weighted by Gasteiger charge is -2.12. The van der Waals surface area contributed by atoms with E-state index in [4.69, 9.17) is 23.2 Å². The molecule has 0 atom stereocenters. The lowest BCUT2D eigenvalue weighted by atomic mass is 9.99. The monoisotopic (exact) mass is 353 g/mol. The molecule has 3 aromatic rings. The number of aromatic nitrogens is 3. The zero-order valence-electron chi connectivity index (χ0n) is 11.6. The van der Waals surface area contributed by atoms with Crippen LogP contribution in [0, 0.1) is 5.95 Å². The third-order valence-electron chi connectivity index (χ3n) is 3.85. The van der Waals surface area contributed by atoms with Gasteiger partial charge in [0.2, 0.25) is 0 Å². The van der Waals surface area contributed by atoms with E-state index in [0.29, 0.717) is 29.4 Å². The van der Waals surface area contributed by atoms with Crippen LogP contribution in [0.4, 0.5) is 8.87 Å². The Kier molecular flexibility index (Phi) is 3.32. The Bertz CT molecular complexity index is 981. The molecule has 1 aliphatic heterocycles. The van der Waals surface area contributed by atoms with Gasteiger partial charge in [0.1, 0.15) is 5.56 Å². The van der Waals surface area contributed by atoms with Gasteiger partial charge in [0.05, 0.1) is 11.4 Å². The molecule has 0 saturated carbocycles. The average molecular weight is 354 g/mol. The summed E-state index contributed by atoms with van der Waals surface area (Å²) in [5, 5.41) is 0.992. The number of aliphatic imine (C=N–C) groups is 1. The van der Waals surface area contributed by atoms with Crippen molar-refractivity contribution in [2.24, 2.45) is 4.99 Å². The largest absolute Gasteiger partial charge is 0.434 e. The Hall–Kier alpha value is -2.05. The molecular weight excluding hydrogens is 345 g/mol. The van der Waals surface area contributed by atoms with E-state index in [0.717, 1.165) is 16.5 Å². The van der Waals surface area contributed by atoms with Gasteiger partial charge >= 0.3 is 11.2 Å². The molecule has 23 heavy (non-hydrogen) atoms. The Morgan fingerprint density at radius 2 is 2.09 bits per heavy atom. The summed E-state index contributed by atoms with van der Waals surface area (Å²) in [5.41, 5.74) is 2.77. The number of hydrogen-bond acceptors (Lipinski definition) is 2. The highest BCUT2D eigenvalue weighted by molar-refractivity contribution is 6.31. The summed E-state index contributed by atoms with van der Waals surface area (Å²) < 4.78 is 27.9. The highest BCUT2D eigenvalue weighted by Crippen LogP contribution is 2.30. The first kappa shape index (κ1) is 14.5. The van der Waals surface area contributed by atoms with Crippen LogP contribution in [0.1, 0.15) is 16.8 Å². The number of rotatable bonds is 1. The molecule has 0 fully saturated rings. The minimum Gasteiger partial charge on any atom is -0.353 e. The molecule has 1 aliphatic rings. The van der Waals surface area contributed by atoms with E-state index in [1.807, 2.05) is 12.1 Å². The van der Waals surface area contributed by atoms with Crippen molar-refractivity contribution in [3.8, 4) is 0 Å². The van der Waals surface area contributed by atoms with Crippen molar-refractivity contribution in [1.29, 1.82) is 0 Å². The van der Waals surface area contributed by atoms with Gasteiger partial charge in [-0.3, -0.25) is 4.99 Å².